The number of nitrogens with one attached hydrogen (secondary N) is 1. The minimum atomic E-state index is 0.166. The van der Waals surface area contributed by atoms with Crippen molar-refractivity contribution in [2.75, 3.05) is 18.5 Å². The van der Waals surface area contributed by atoms with Gasteiger partial charge in [0.2, 0.25) is 5.95 Å². The van der Waals surface area contributed by atoms with Crippen molar-refractivity contribution >= 4 is 11.7 Å². The first kappa shape index (κ1) is 12.5. The summed E-state index contributed by atoms with van der Waals surface area (Å²) < 4.78 is 5.55. The zero-order valence-electron chi connectivity index (χ0n) is 11.2. The highest BCUT2D eigenvalue weighted by Gasteiger charge is 2.24. The second-order valence-corrected chi connectivity index (χ2v) is 5.51. The van der Waals surface area contributed by atoms with E-state index in [9.17, 15) is 4.79 Å². The summed E-state index contributed by atoms with van der Waals surface area (Å²) in [6.45, 7) is 3.67. The first-order valence-electron chi connectivity index (χ1n) is 6.97. The molecule has 2 aliphatic rings. The Balaban J connectivity index is 1.70. The molecule has 0 bridgehead atoms. The molecule has 1 aromatic heterocycles. The van der Waals surface area contributed by atoms with Crippen LogP contribution >= 0.6 is 0 Å². The fourth-order valence-corrected chi connectivity index (χ4v) is 2.73. The van der Waals surface area contributed by atoms with E-state index < -0.39 is 0 Å². The number of fused-ring (bicyclic) bond motifs is 1. The van der Waals surface area contributed by atoms with E-state index in [-0.39, 0.29) is 11.9 Å². The molecule has 1 aliphatic heterocycles. The molecule has 1 N–H and O–H groups in total. The highest BCUT2D eigenvalue weighted by molar-refractivity contribution is 5.98. The maximum atomic E-state index is 11.9. The third-order valence-electron chi connectivity index (χ3n) is 3.76. The Bertz CT molecular complexity index is 484. The van der Waals surface area contributed by atoms with Crippen LogP contribution in [-0.4, -0.2) is 35.0 Å². The smallest absolute Gasteiger partial charge is 0.222 e. The van der Waals surface area contributed by atoms with E-state index >= 15 is 0 Å². The molecule has 1 saturated heterocycles. The zero-order chi connectivity index (χ0) is 13.2. The molecule has 2 atom stereocenters. The number of hydrogen-bond donors (Lipinski definition) is 1. The number of rotatable bonds is 3. The van der Waals surface area contributed by atoms with Gasteiger partial charge in [0, 0.05) is 25.8 Å². The van der Waals surface area contributed by atoms with E-state index in [0.717, 1.165) is 38.1 Å². The molecule has 5 heteroatoms. The van der Waals surface area contributed by atoms with E-state index in [1.807, 2.05) is 0 Å². The summed E-state index contributed by atoms with van der Waals surface area (Å²) in [5, 5.41) is 3.21. The van der Waals surface area contributed by atoms with E-state index in [4.69, 9.17) is 4.74 Å². The van der Waals surface area contributed by atoms with Gasteiger partial charge in [0.1, 0.15) is 0 Å². The van der Waals surface area contributed by atoms with Gasteiger partial charge in [-0.15, -0.1) is 0 Å². The zero-order valence-corrected chi connectivity index (χ0v) is 11.2. The van der Waals surface area contributed by atoms with E-state index in [2.05, 4.69) is 22.2 Å². The maximum Gasteiger partial charge on any atom is 0.222 e. The molecule has 5 nitrogen and oxygen atoms in total. The van der Waals surface area contributed by atoms with Crippen molar-refractivity contribution in [3.05, 3.63) is 17.5 Å². The highest BCUT2D eigenvalue weighted by atomic mass is 16.5. The molecular formula is C14H19N3O2. The minimum Gasteiger partial charge on any atom is -0.376 e. The van der Waals surface area contributed by atoms with Crippen molar-refractivity contribution in [2.24, 2.45) is 5.92 Å². The summed E-state index contributed by atoms with van der Waals surface area (Å²) in [4.78, 5) is 20.6. The number of ether oxygens (including phenoxy) is 1. The Morgan fingerprint density at radius 3 is 3.16 bits per heavy atom. The molecule has 0 spiro atoms. The molecule has 1 fully saturated rings. The van der Waals surface area contributed by atoms with Crippen molar-refractivity contribution < 1.29 is 9.53 Å². The number of carbonyl (C=O) groups is 1. The predicted octanol–water partition coefficient (Wildman–Crippen LogP) is 1.83. The standard InChI is InChI=1S/C14H19N3O2/c1-9-5-12-11(13(18)6-9)8-16-14(17-12)15-7-10-3-2-4-19-10/h8-10H,2-7H2,1H3,(H,15,16,17)/t9-,10+/m0/s1. The van der Waals surface area contributed by atoms with Crippen LogP contribution < -0.4 is 5.32 Å². The molecular weight excluding hydrogens is 242 g/mol. The van der Waals surface area contributed by atoms with E-state index in [1.165, 1.54) is 0 Å². The molecule has 0 amide bonds. The number of carbonyl (C=O) groups excluding carboxylic acids is 1. The number of Topliss-reactive ketones (excluding diaryl/α,β-unsaturated/α-hetero) is 1. The number of anilines is 1. The average Bonchev–Trinajstić information content (AvgIpc) is 2.88. The van der Waals surface area contributed by atoms with Gasteiger partial charge in [-0.3, -0.25) is 4.79 Å². The van der Waals surface area contributed by atoms with Crippen molar-refractivity contribution in [2.45, 2.75) is 38.7 Å². The number of aromatic nitrogens is 2. The molecule has 2 heterocycles. The topological polar surface area (TPSA) is 64.1 Å². The lowest BCUT2D eigenvalue weighted by molar-refractivity contribution is 0.0951. The van der Waals surface area contributed by atoms with Crippen LogP contribution in [-0.2, 0) is 11.2 Å². The first-order chi connectivity index (χ1) is 9.22. The summed E-state index contributed by atoms with van der Waals surface area (Å²) in [5.74, 6) is 1.15. The minimum absolute atomic E-state index is 0.166. The fraction of sp³-hybridized carbons (Fsp3) is 0.643. The summed E-state index contributed by atoms with van der Waals surface area (Å²) in [6, 6.07) is 0. The van der Waals surface area contributed by atoms with Crippen LogP contribution in [0.3, 0.4) is 0 Å². The largest absolute Gasteiger partial charge is 0.376 e. The van der Waals surface area contributed by atoms with Gasteiger partial charge in [0.25, 0.3) is 0 Å². The van der Waals surface area contributed by atoms with Crippen LogP contribution in [0.4, 0.5) is 5.95 Å². The lowest BCUT2D eigenvalue weighted by Gasteiger charge is -2.19. The number of nitrogens with zero attached hydrogens (tertiary/aromatic N) is 2. The molecule has 102 valence electrons. The van der Waals surface area contributed by atoms with Gasteiger partial charge in [0.05, 0.1) is 17.4 Å². The van der Waals surface area contributed by atoms with Crippen molar-refractivity contribution in [1.29, 1.82) is 0 Å². The molecule has 1 aliphatic carbocycles. The second kappa shape index (κ2) is 5.25. The van der Waals surface area contributed by atoms with Crippen LogP contribution in [0.15, 0.2) is 6.20 Å². The normalized spacial score (nSPS) is 26.3. The first-order valence-corrected chi connectivity index (χ1v) is 6.97. The SMILES string of the molecule is C[C@@H]1CC(=O)c2cnc(NC[C@H]3CCCO3)nc2C1. The third-order valence-corrected chi connectivity index (χ3v) is 3.76. The summed E-state index contributed by atoms with van der Waals surface area (Å²) >= 11 is 0. The quantitative estimate of drug-likeness (QED) is 0.899. The number of hydrogen-bond acceptors (Lipinski definition) is 5. The van der Waals surface area contributed by atoms with E-state index in [1.54, 1.807) is 6.20 Å². The summed E-state index contributed by atoms with van der Waals surface area (Å²) in [6.07, 6.45) is 5.61. The molecule has 0 aromatic carbocycles. The van der Waals surface area contributed by atoms with Crippen molar-refractivity contribution in [3.8, 4) is 0 Å². The summed E-state index contributed by atoms with van der Waals surface area (Å²) in [7, 11) is 0. The second-order valence-electron chi connectivity index (χ2n) is 5.51. The Kier molecular flexibility index (Phi) is 3.46. The highest BCUT2D eigenvalue weighted by Crippen LogP contribution is 2.24. The molecule has 0 radical (unpaired) electrons. The Hall–Kier alpha value is -1.49. The van der Waals surface area contributed by atoms with Crippen LogP contribution in [0.5, 0.6) is 0 Å². The van der Waals surface area contributed by atoms with Crippen LogP contribution in [0.1, 0.15) is 42.2 Å². The van der Waals surface area contributed by atoms with Gasteiger partial charge in [0.15, 0.2) is 5.78 Å². The molecule has 19 heavy (non-hydrogen) atoms. The van der Waals surface area contributed by atoms with Gasteiger partial charge >= 0.3 is 0 Å². The third kappa shape index (κ3) is 2.76. The van der Waals surface area contributed by atoms with Crippen molar-refractivity contribution in [3.63, 3.8) is 0 Å². The molecule has 0 saturated carbocycles. The predicted molar refractivity (Wildman–Crippen MR) is 71.3 cm³/mol. The maximum absolute atomic E-state index is 11.9. The lowest BCUT2D eigenvalue weighted by atomic mass is 9.88. The Labute approximate surface area is 112 Å². The average molecular weight is 261 g/mol. The monoisotopic (exact) mass is 261 g/mol. The van der Waals surface area contributed by atoms with Gasteiger partial charge in [-0.05, 0) is 25.2 Å². The Morgan fingerprint density at radius 1 is 1.47 bits per heavy atom. The molecule has 3 rings (SSSR count). The lowest BCUT2D eigenvalue weighted by Crippen LogP contribution is -2.23. The van der Waals surface area contributed by atoms with Gasteiger partial charge < -0.3 is 10.1 Å². The van der Waals surface area contributed by atoms with Gasteiger partial charge in [-0.2, -0.15) is 0 Å². The summed E-state index contributed by atoms with van der Waals surface area (Å²) in [5.41, 5.74) is 1.58. The molecule has 0 unspecified atom stereocenters. The Morgan fingerprint density at radius 2 is 2.37 bits per heavy atom. The fourth-order valence-electron chi connectivity index (χ4n) is 2.73. The van der Waals surface area contributed by atoms with Crippen LogP contribution in [0.2, 0.25) is 0 Å². The van der Waals surface area contributed by atoms with Gasteiger partial charge in [-0.1, -0.05) is 6.92 Å². The van der Waals surface area contributed by atoms with E-state index in [0.29, 0.717) is 23.9 Å². The van der Waals surface area contributed by atoms with Crippen LogP contribution in [0, 0.1) is 5.92 Å². The number of ketones is 1. The van der Waals surface area contributed by atoms with Gasteiger partial charge in [-0.25, -0.2) is 9.97 Å². The molecule has 1 aromatic rings. The van der Waals surface area contributed by atoms with Crippen molar-refractivity contribution in [1.82, 2.24) is 9.97 Å². The van der Waals surface area contributed by atoms with Crippen LogP contribution in [0.25, 0.3) is 0 Å².